The summed E-state index contributed by atoms with van der Waals surface area (Å²) in [6.07, 6.45) is 1.61. The largest absolute Gasteiger partial charge is 0.245 e. The average molecular weight is 403 g/mol. The van der Waals surface area contributed by atoms with Crippen LogP contribution in [0.5, 0.6) is 0 Å². The summed E-state index contributed by atoms with van der Waals surface area (Å²) < 4.78 is 13.3. The summed E-state index contributed by atoms with van der Waals surface area (Å²) in [7, 11) is 0. The van der Waals surface area contributed by atoms with E-state index in [4.69, 9.17) is 11.6 Å². The van der Waals surface area contributed by atoms with Crippen molar-refractivity contribution in [1.29, 1.82) is 0 Å². The third kappa shape index (κ3) is 4.65. The highest BCUT2D eigenvalue weighted by Crippen LogP contribution is 2.25. The lowest BCUT2D eigenvalue weighted by atomic mass is 10.1. The first-order valence-electron chi connectivity index (χ1n) is 8.93. The third-order valence-electron chi connectivity index (χ3n) is 4.21. The van der Waals surface area contributed by atoms with Crippen LogP contribution >= 0.6 is 11.6 Å². The molecule has 6 heteroatoms. The SMILES string of the molecule is Fc1ccc(-c2cc(-c3ccccc3)nc(NN=Cc3ccccc3Cl)n2)cc1. The van der Waals surface area contributed by atoms with Crippen LogP contribution < -0.4 is 5.43 Å². The number of aromatic nitrogens is 2. The van der Waals surface area contributed by atoms with Gasteiger partial charge in [-0.05, 0) is 36.4 Å². The Morgan fingerprint density at radius 2 is 1.41 bits per heavy atom. The molecule has 4 nitrogen and oxygen atoms in total. The summed E-state index contributed by atoms with van der Waals surface area (Å²) >= 11 is 6.15. The van der Waals surface area contributed by atoms with Gasteiger partial charge in [-0.15, -0.1) is 0 Å². The molecule has 0 unspecified atom stereocenters. The molecule has 3 aromatic carbocycles. The molecule has 0 fully saturated rings. The fraction of sp³-hybridized carbons (Fsp3) is 0. The quantitative estimate of drug-likeness (QED) is 0.326. The minimum absolute atomic E-state index is 0.297. The van der Waals surface area contributed by atoms with Crippen LogP contribution in [-0.4, -0.2) is 16.2 Å². The lowest BCUT2D eigenvalue weighted by Gasteiger charge is -2.08. The Kier molecular flexibility index (Phi) is 5.59. The number of rotatable bonds is 5. The van der Waals surface area contributed by atoms with Gasteiger partial charge < -0.3 is 0 Å². The number of hydrogen-bond donors (Lipinski definition) is 1. The average Bonchev–Trinajstić information content (AvgIpc) is 2.76. The first kappa shape index (κ1) is 18.8. The molecule has 0 spiro atoms. The van der Waals surface area contributed by atoms with E-state index in [2.05, 4.69) is 20.5 Å². The molecule has 1 aromatic heterocycles. The smallest absolute Gasteiger partial charge is 0.244 e. The molecule has 0 bridgehead atoms. The fourth-order valence-electron chi connectivity index (χ4n) is 2.76. The minimum Gasteiger partial charge on any atom is -0.245 e. The second-order valence-corrected chi connectivity index (χ2v) is 6.63. The molecule has 0 saturated heterocycles. The molecule has 4 aromatic rings. The summed E-state index contributed by atoms with van der Waals surface area (Å²) in [6, 6.07) is 25.2. The molecule has 142 valence electrons. The zero-order valence-electron chi connectivity index (χ0n) is 15.3. The monoisotopic (exact) mass is 402 g/mol. The molecule has 0 radical (unpaired) electrons. The molecule has 0 aliphatic carbocycles. The lowest BCUT2D eigenvalue weighted by Crippen LogP contribution is -2.00. The van der Waals surface area contributed by atoms with E-state index in [0.29, 0.717) is 16.7 Å². The van der Waals surface area contributed by atoms with Crippen molar-refractivity contribution in [3.05, 3.63) is 101 Å². The molecule has 0 aliphatic heterocycles. The topological polar surface area (TPSA) is 50.2 Å². The van der Waals surface area contributed by atoms with E-state index in [1.165, 1.54) is 12.1 Å². The predicted octanol–water partition coefficient (Wildman–Crippen LogP) is 6.05. The number of halogens is 2. The van der Waals surface area contributed by atoms with E-state index in [-0.39, 0.29) is 5.82 Å². The first-order valence-corrected chi connectivity index (χ1v) is 9.31. The number of nitrogens with zero attached hydrogens (tertiary/aromatic N) is 3. The highest BCUT2D eigenvalue weighted by molar-refractivity contribution is 6.33. The van der Waals surface area contributed by atoms with E-state index >= 15 is 0 Å². The van der Waals surface area contributed by atoms with Crippen LogP contribution in [0.2, 0.25) is 5.02 Å². The lowest BCUT2D eigenvalue weighted by molar-refractivity contribution is 0.628. The van der Waals surface area contributed by atoms with Crippen molar-refractivity contribution in [2.45, 2.75) is 0 Å². The molecule has 0 saturated carbocycles. The predicted molar refractivity (Wildman–Crippen MR) is 116 cm³/mol. The normalized spacial score (nSPS) is 11.0. The van der Waals surface area contributed by atoms with Gasteiger partial charge in [0, 0.05) is 21.7 Å². The van der Waals surface area contributed by atoms with Gasteiger partial charge in [-0.1, -0.05) is 60.1 Å². The standard InChI is InChI=1S/C23H16ClFN4/c24-20-9-5-4-8-18(20)15-26-29-23-27-21(16-6-2-1-3-7-16)14-22(28-23)17-10-12-19(25)13-11-17/h1-15H,(H,27,28,29). The maximum absolute atomic E-state index is 13.3. The second-order valence-electron chi connectivity index (χ2n) is 6.23. The van der Waals surface area contributed by atoms with E-state index < -0.39 is 0 Å². The van der Waals surface area contributed by atoms with Gasteiger partial charge in [0.15, 0.2) is 0 Å². The number of hydrazone groups is 1. The van der Waals surface area contributed by atoms with Gasteiger partial charge in [-0.2, -0.15) is 5.10 Å². The van der Waals surface area contributed by atoms with Gasteiger partial charge in [-0.25, -0.2) is 19.8 Å². The Bertz CT molecular complexity index is 1150. The molecule has 0 aliphatic rings. The Morgan fingerprint density at radius 1 is 0.793 bits per heavy atom. The summed E-state index contributed by atoms with van der Waals surface area (Å²) in [5.74, 6) is 0.0303. The zero-order chi connectivity index (χ0) is 20.1. The highest BCUT2D eigenvalue weighted by atomic mass is 35.5. The van der Waals surface area contributed by atoms with Crippen LogP contribution in [0.4, 0.5) is 10.3 Å². The van der Waals surface area contributed by atoms with Crippen molar-refractivity contribution < 1.29 is 4.39 Å². The van der Waals surface area contributed by atoms with Crippen LogP contribution in [0, 0.1) is 5.82 Å². The summed E-state index contributed by atoms with van der Waals surface area (Å²) in [4.78, 5) is 9.08. The summed E-state index contributed by atoms with van der Waals surface area (Å²) in [5, 5.41) is 4.81. The number of nitrogens with one attached hydrogen (secondary N) is 1. The second kappa shape index (κ2) is 8.63. The van der Waals surface area contributed by atoms with E-state index in [0.717, 1.165) is 22.4 Å². The van der Waals surface area contributed by atoms with Crippen LogP contribution in [0.3, 0.4) is 0 Å². The summed E-state index contributed by atoms with van der Waals surface area (Å²) in [6.45, 7) is 0. The van der Waals surface area contributed by atoms with Gasteiger partial charge in [0.2, 0.25) is 5.95 Å². The molecular weight excluding hydrogens is 387 g/mol. The zero-order valence-corrected chi connectivity index (χ0v) is 16.0. The Labute approximate surface area is 172 Å². The maximum atomic E-state index is 13.3. The van der Waals surface area contributed by atoms with Gasteiger partial charge >= 0.3 is 0 Å². The van der Waals surface area contributed by atoms with Crippen LogP contribution in [0.1, 0.15) is 5.56 Å². The summed E-state index contributed by atoms with van der Waals surface area (Å²) in [5.41, 5.74) is 6.76. The van der Waals surface area contributed by atoms with Crippen molar-refractivity contribution >= 4 is 23.8 Å². The van der Waals surface area contributed by atoms with Crippen LogP contribution in [0.15, 0.2) is 90.0 Å². The molecule has 1 heterocycles. The van der Waals surface area contributed by atoms with Gasteiger partial charge in [0.1, 0.15) is 5.82 Å². The van der Waals surface area contributed by atoms with Crippen molar-refractivity contribution in [1.82, 2.24) is 9.97 Å². The first-order chi connectivity index (χ1) is 14.2. The molecule has 29 heavy (non-hydrogen) atoms. The Hall–Kier alpha value is -3.57. The van der Waals surface area contributed by atoms with Crippen molar-refractivity contribution in [3.63, 3.8) is 0 Å². The Morgan fingerprint density at radius 3 is 2.10 bits per heavy atom. The van der Waals surface area contributed by atoms with Crippen LogP contribution in [-0.2, 0) is 0 Å². The molecule has 0 amide bonds. The maximum Gasteiger partial charge on any atom is 0.244 e. The van der Waals surface area contributed by atoms with E-state index in [1.807, 2.05) is 54.6 Å². The number of benzene rings is 3. The van der Waals surface area contributed by atoms with E-state index in [1.54, 1.807) is 24.4 Å². The number of hydrogen-bond acceptors (Lipinski definition) is 4. The highest BCUT2D eigenvalue weighted by Gasteiger charge is 2.08. The van der Waals surface area contributed by atoms with Gasteiger partial charge in [0.05, 0.1) is 17.6 Å². The van der Waals surface area contributed by atoms with Gasteiger partial charge in [-0.3, -0.25) is 0 Å². The minimum atomic E-state index is -0.297. The van der Waals surface area contributed by atoms with Gasteiger partial charge in [0.25, 0.3) is 0 Å². The molecule has 4 rings (SSSR count). The number of anilines is 1. The fourth-order valence-corrected chi connectivity index (χ4v) is 2.95. The van der Waals surface area contributed by atoms with Crippen molar-refractivity contribution in [2.75, 3.05) is 5.43 Å². The van der Waals surface area contributed by atoms with E-state index in [9.17, 15) is 4.39 Å². The molecule has 0 atom stereocenters. The van der Waals surface area contributed by atoms with Crippen LogP contribution in [0.25, 0.3) is 22.5 Å². The molecule has 1 N–H and O–H groups in total. The molecular formula is C23H16ClFN4. The third-order valence-corrected chi connectivity index (χ3v) is 4.55. The van der Waals surface area contributed by atoms with Crippen molar-refractivity contribution in [3.8, 4) is 22.5 Å². The van der Waals surface area contributed by atoms with Crippen molar-refractivity contribution in [2.24, 2.45) is 5.10 Å². The Balaban J connectivity index is 1.69.